The molecule has 2 atom stereocenters. The van der Waals surface area contributed by atoms with Gasteiger partial charge in [-0.3, -0.25) is 24.4 Å². The molecule has 7 nitrogen and oxygen atoms in total. The standard InChI is InChI=1S/C20H19N3O4/c24-19-15-10-22(8-13-3-5-21-6-4-13)11-16(15)20(25)23(19)9-14-1-2-17-18(7-14)27-12-26-17/h1-7,15-16H,8-12H2/t15-,16+. The first-order chi connectivity index (χ1) is 13.2. The number of hydrogen-bond donors (Lipinski definition) is 0. The minimum Gasteiger partial charge on any atom is -0.454 e. The molecule has 0 radical (unpaired) electrons. The summed E-state index contributed by atoms with van der Waals surface area (Å²) in [4.78, 5) is 33.3. The Bertz CT molecular complexity index is 877. The number of likely N-dealkylation sites (tertiary alicyclic amines) is 2. The first-order valence-electron chi connectivity index (χ1n) is 9.04. The van der Waals surface area contributed by atoms with Crippen molar-refractivity contribution in [2.45, 2.75) is 13.1 Å². The van der Waals surface area contributed by atoms with Gasteiger partial charge in [-0.2, -0.15) is 0 Å². The highest BCUT2D eigenvalue weighted by atomic mass is 16.7. The van der Waals surface area contributed by atoms with Crippen molar-refractivity contribution >= 4 is 11.8 Å². The summed E-state index contributed by atoms with van der Waals surface area (Å²) < 4.78 is 10.7. The average molecular weight is 365 g/mol. The van der Waals surface area contributed by atoms with Gasteiger partial charge in [0.25, 0.3) is 0 Å². The van der Waals surface area contributed by atoms with Crippen LogP contribution in [0.25, 0.3) is 0 Å². The van der Waals surface area contributed by atoms with E-state index in [-0.39, 0.29) is 37.0 Å². The zero-order valence-electron chi connectivity index (χ0n) is 14.7. The molecule has 0 N–H and O–H groups in total. The maximum atomic E-state index is 12.8. The molecule has 138 valence electrons. The number of fused-ring (bicyclic) bond motifs is 2. The first-order valence-corrected chi connectivity index (χ1v) is 9.04. The van der Waals surface area contributed by atoms with Gasteiger partial charge >= 0.3 is 0 Å². The second-order valence-corrected chi connectivity index (χ2v) is 7.21. The van der Waals surface area contributed by atoms with Crippen LogP contribution < -0.4 is 9.47 Å². The molecule has 1 aromatic heterocycles. The van der Waals surface area contributed by atoms with Crippen LogP contribution in [0.15, 0.2) is 42.7 Å². The van der Waals surface area contributed by atoms with Gasteiger partial charge in [0.1, 0.15) is 0 Å². The van der Waals surface area contributed by atoms with Crippen LogP contribution in [0.3, 0.4) is 0 Å². The Morgan fingerprint density at radius 2 is 1.59 bits per heavy atom. The summed E-state index contributed by atoms with van der Waals surface area (Å²) in [6, 6.07) is 9.46. The van der Waals surface area contributed by atoms with Crippen molar-refractivity contribution in [1.29, 1.82) is 0 Å². The lowest BCUT2D eigenvalue weighted by Crippen LogP contribution is -2.35. The Labute approximate surface area is 156 Å². The average Bonchev–Trinajstić information content (AvgIpc) is 3.36. The van der Waals surface area contributed by atoms with E-state index >= 15 is 0 Å². The molecule has 0 unspecified atom stereocenters. The van der Waals surface area contributed by atoms with Crippen LogP contribution in [-0.4, -0.2) is 46.5 Å². The Morgan fingerprint density at radius 1 is 0.889 bits per heavy atom. The molecule has 7 heteroatoms. The van der Waals surface area contributed by atoms with Crippen LogP contribution in [0, 0.1) is 11.8 Å². The largest absolute Gasteiger partial charge is 0.454 e. The Hall–Kier alpha value is -2.93. The van der Waals surface area contributed by atoms with Gasteiger partial charge in [-0.1, -0.05) is 6.07 Å². The van der Waals surface area contributed by atoms with E-state index in [4.69, 9.17) is 9.47 Å². The molecule has 5 rings (SSSR count). The predicted octanol–water partition coefficient (Wildman–Crippen LogP) is 1.43. The normalized spacial score (nSPS) is 23.9. The summed E-state index contributed by atoms with van der Waals surface area (Å²) in [5.41, 5.74) is 2.01. The van der Waals surface area contributed by atoms with Gasteiger partial charge < -0.3 is 9.47 Å². The summed E-state index contributed by atoms with van der Waals surface area (Å²) in [5.74, 6) is 0.734. The highest BCUT2D eigenvalue weighted by molar-refractivity contribution is 6.05. The van der Waals surface area contributed by atoms with Gasteiger partial charge in [0.05, 0.1) is 18.4 Å². The second-order valence-electron chi connectivity index (χ2n) is 7.21. The zero-order valence-corrected chi connectivity index (χ0v) is 14.7. The van der Waals surface area contributed by atoms with E-state index in [0.29, 0.717) is 24.6 Å². The molecule has 2 aromatic rings. The number of nitrogens with zero attached hydrogens (tertiary/aromatic N) is 3. The van der Waals surface area contributed by atoms with Gasteiger partial charge in [0.2, 0.25) is 18.6 Å². The van der Waals surface area contributed by atoms with E-state index in [2.05, 4.69) is 9.88 Å². The number of ether oxygens (including phenoxy) is 2. The van der Waals surface area contributed by atoms with E-state index in [1.54, 1.807) is 12.4 Å². The van der Waals surface area contributed by atoms with Gasteiger partial charge in [0, 0.05) is 32.0 Å². The minimum atomic E-state index is -0.242. The molecule has 4 heterocycles. The topological polar surface area (TPSA) is 72.0 Å². The number of carbonyl (C=O) groups is 2. The molecule has 3 aliphatic rings. The lowest BCUT2D eigenvalue weighted by atomic mass is 10.00. The summed E-state index contributed by atoms with van der Waals surface area (Å²) in [6.07, 6.45) is 3.52. The molecule has 2 fully saturated rings. The molecule has 0 bridgehead atoms. The minimum absolute atomic E-state index is 0.0695. The van der Waals surface area contributed by atoms with E-state index in [1.165, 1.54) is 4.90 Å². The van der Waals surface area contributed by atoms with Crippen LogP contribution in [0.2, 0.25) is 0 Å². The molecule has 0 saturated carbocycles. The van der Waals surface area contributed by atoms with Gasteiger partial charge in [-0.05, 0) is 35.4 Å². The SMILES string of the molecule is O=C1[C@H]2CN(Cc3ccncc3)C[C@H]2C(=O)N1Cc1ccc2c(c1)OCO2. The van der Waals surface area contributed by atoms with Crippen molar-refractivity contribution in [2.24, 2.45) is 11.8 Å². The first kappa shape index (κ1) is 16.3. The molecule has 0 aliphatic carbocycles. The number of carbonyl (C=O) groups excluding carboxylic acids is 2. The number of amides is 2. The molecular weight excluding hydrogens is 346 g/mol. The second kappa shape index (κ2) is 6.35. The van der Waals surface area contributed by atoms with E-state index in [9.17, 15) is 9.59 Å². The summed E-state index contributed by atoms with van der Waals surface area (Å²) in [6.45, 7) is 2.46. The number of pyridine rings is 1. The van der Waals surface area contributed by atoms with E-state index in [0.717, 1.165) is 17.7 Å². The third-order valence-corrected chi connectivity index (χ3v) is 5.50. The van der Waals surface area contributed by atoms with Crippen LogP contribution in [0.1, 0.15) is 11.1 Å². The fourth-order valence-electron chi connectivity index (χ4n) is 4.15. The van der Waals surface area contributed by atoms with Crippen molar-refractivity contribution in [3.05, 3.63) is 53.9 Å². The lowest BCUT2D eigenvalue weighted by molar-refractivity contribution is -0.141. The van der Waals surface area contributed by atoms with Crippen molar-refractivity contribution in [3.8, 4) is 11.5 Å². The lowest BCUT2D eigenvalue weighted by Gasteiger charge is -2.20. The van der Waals surface area contributed by atoms with Crippen molar-refractivity contribution < 1.29 is 19.1 Å². The Balaban J connectivity index is 1.27. The third-order valence-electron chi connectivity index (χ3n) is 5.50. The van der Waals surface area contributed by atoms with E-state index < -0.39 is 0 Å². The van der Waals surface area contributed by atoms with Crippen LogP contribution >= 0.6 is 0 Å². The van der Waals surface area contributed by atoms with Crippen molar-refractivity contribution in [3.63, 3.8) is 0 Å². The van der Waals surface area contributed by atoms with Gasteiger partial charge in [-0.25, -0.2) is 0 Å². The predicted molar refractivity (Wildman–Crippen MR) is 94.6 cm³/mol. The number of hydrogen-bond acceptors (Lipinski definition) is 6. The highest BCUT2D eigenvalue weighted by Gasteiger charge is 2.52. The zero-order chi connectivity index (χ0) is 18.4. The molecule has 1 aromatic carbocycles. The van der Waals surface area contributed by atoms with Crippen LogP contribution in [0.5, 0.6) is 11.5 Å². The Kier molecular flexibility index (Phi) is 3.82. The van der Waals surface area contributed by atoms with Crippen LogP contribution in [-0.2, 0) is 22.7 Å². The molecule has 2 saturated heterocycles. The van der Waals surface area contributed by atoms with Crippen LogP contribution in [0.4, 0.5) is 0 Å². The quantitative estimate of drug-likeness (QED) is 0.764. The monoisotopic (exact) mass is 365 g/mol. The molecule has 0 spiro atoms. The third kappa shape index (κ3) is 2.84. The van der Waals surface area contributed by atoms with Crippen molar-refractivity contribution in [1.82, 2.24) is 14.8 Å². The summed E-state index contributed by atoms with van der Waals surface area (Å²) >= 11 is 0. The fraction of sp³-hybridized carbons (Fsp3) is 0.350. The van der Waals surface area contributed by atoms with Gasteiger partial charge in [0.15, 0.2) is 11.5 Å². The maximum Gasteiger partial charge on any atom is 0.234 e. The van der Waals surface area contributed by atoms with Crippen molar-refractivity contribution in [2.75, 3.05) is 19.9 Å². The Morgan fingerprint density at radius 3 is 2.33 bits per heavy atom. The fourth-order valence-corrected chi connectivity index (χ4v) is 4.15. The van der Waals surface area contributed by atoms with Gasteiger partial charge in [-0.15, -0.1) is 0 Å². The number of aromatic nitrogens is 1. The number of rotatable bonds is 4. The summed E-state index contributed by atoms with van der Waals surface area (Å²) in [5, 5.41) is 0. The molecular formula is C20H19N3O4. The van der Waals surface area contributed by atoms with E-state index in [1.807, 2.05) is 30.3 Å². The summed E-state index contributed by atoms with van der Waals surface area (Å²) in [7, 11) is 0. The number of benzene rings is 1. The molecule has 2 amide bonds. The molecule has 27 heavy (non-hydrogen) atoms. The maximum absolute atomic E-state index is 12.8. The molecule has 3 aliphatic heterocycles. The highest BCUT2D eigenvalue weighted by Crippen LogP contribution is 2.37. The number of imide groups is 1. The smallest absolute Gasteiger partial charge is 0.234 e.